The van der Waals surface area contributed by atoms with E-state index in [0.29, 0.717) is 0 Å². The van der Waals surface area contributed by atoms with Crippen LogP contribution < -0.4 is 5.32 Å². The van der Waals surface area contributed by atoms with Gasteiger partial charge in [0, 0.05) is 18.8 Å². The van der Waals surface area contributed by atoms with Crippen LogP contribution in [0, 0.1) is 13.8 Å². The van der Waals surface area contributed by atoms with Gasteiger partial charge in [0.05, 0.1) is 0 Å². The Balaban J connectivity index is 2.25. The predicted molar refractivity (Wildman–Crippen MR) is 79.6 cm³/mol. The van der Waals surface area contributed by atoms with Crippen molar-refractivity contribution in [3.63, 3.8) is 0 Å². The van der Waals surface area contributed by atoms with E-state index < -0.39 is 0 Å². The van der Waals surface area contributed by atoms with E-state index in [1.807, 2.05) is 13.1 Å². The molecule has 0 aliphatic carbocycles. The van der Waals surface area contributed by atoms with E-state index in [-0.39, 0.29) is 0 Å². The van der Waals surface area contributed by atoms with Gasteiger partial charge in [-0.1, -0.05) is 35.9 Å². The Morgan fingerprint density at radius 1 is 0.947 bits per heavy atom. The Kier molecular flexibility index (Phi) is 2.75. The molecule has 0 saturated heterocycles. The van der Waals surface area contributed by atoms with Gasteiger partial charge in [0.1, 0.15) is 17.2 Å². The molecule has 0 saturated carbocycles. The number of fused-ring (bicyclic) bond motifs is 1. The Morgan fingerprint density at radius 3 is 2.32 bits per heavy atom. The molecule has 0 aliphatic heterocycles. The average Bonchev–Trinajstić information content (AvgIpc) is 2.77. The average molecular weight is 251 g/mol. The van der Waals surface area contributed by atoms with Crippen LogP contribution in [0.2, 0.25) is 0 Å². The summed E-state index contributed by atoms with van der Waals surface area (Å²) in [6, 6.07) is 12.6. The number of anilines is 1. The molecule has 0 unspecified atom stereocenters. The number of pyridine rings is 1. The van der Waals surface area contributed by atoms with E-state index in [1.54, 1.807) is 0 Å². The van der Waals surface area contributed by atoms with E-state index in [4.69, 9.17) is 4.98 Å². The monoisotopic (exact) mass is 251 g/mol. The molecule has 96 valence electrons. The van der Waals surface area contributed by atoms with Crippen molar-refractivity contribution in [3.8, 4) is 11.3 Å². The van der Waals surface area contributed by atoms with Crippen molar-refractivity contribution in [1.29, 1.82) is 0 Å². The van der Waals surface area contributed by atoms with Crippen LogP contribution in [0.4, 0.5) is 5.82 Å². The van der Waals surface area contributed by atoms with Gasteiger partial charge >= 0.3 is 0 Å². The van der Waals surface area contributed by atoms with E-state index in [1.165, 1.54) is 11.1 Å². The fraction of sp³-hybridized carbons (Fsp3) is 0.188. The largest absolute Gasteiger partial charge is 0.372 e. The molecule has 2 aromatic heterocycles. The van der Waals surface area contributed by atoms with Crippen LogP contribution in [0.5, 0.6) is 0 Å². The number of nitrogens with one attached hydrogen (secondary N) is 1. The molecule has 3 aromatic rings. The van der Waals surface area contributed by atoms with Crippen LogP contribution in [0.25, 0.3) is 16.9 Å². The topological polar surface area (TPSA) is 29.3 Å². The van der Waals surface area contributed by atoms with Gasteiger partial charge in [-0.2, -0.15) is 0 Å². The third-order valence-corrected chi connectivity index (χ3v) is 3.33. The first-order valence-corrected chi connectivity index (χ1v) is 6.42. The van der Waals surface area contributed by atoms with Gasteiger partial charge in [0.25, 0.3) is 0 Å². The minimum absolute atomic E-state index is 0.963. The minimum atomic E-state index is 0.963. The molecule has 0 radical (unpaired) electrons. The summed E-state index contributed by atoms with van der Waals surface area (Å²) < 4.78 is 2.10. The van der Waals surface area contributed by atoms with Crippen LogP contribution in [0.1, 0.15) is 11.1 Å². The lowest BCUT2D eigenvalue weighted by Gasteiger charge is -2.05. The molecule has 1 N–H and O–H groups in total. The summed E-state index contributed by atoms with van der Waals surface area (Å²) in [6.45, 7) is 4.18. The molecule has 3 nitrogen and oxygen atoms in total. The van der Waals surface area contributed by atoms with E-state index in [0.717, 1.165) is 22.7 Å². The quantitative estimate of drug-likeness (QED) is 0.753. The molecular formula is C16H17N3. The summed E-state index contributed by atoms with van der Waals surface area (Å²) >= 11 is 0. The number of aryl methyl sites for hydroxylation is 2. The molecule has 0 bridgehead atoms. The number of imidazole rings is 1. The van der Waals surface area contributed by atoms with Gasteiger partial charge < -0.3 is 5.32 Å². The van der Waals surface area contributed by atoms with Crippen LogP contribution in [-0.2, 0) is 0 Å². The Hall–Kier alpha value is -2.29. The lowest BCUT2D eigenvalue weighted by molar-refractivity contribution is 1.15. The van der Waals surface area contributed by atoms with Crippen molar-refractivity contribution in [2.45, 2.75) is 13.8 Å². The zero-order valence-electron chi connectivity index (χ0n) is 11.4. The Morgan fingerprint density at radius 2 is 1.63 bits per heavy atom. The molecule has 19 heavy (non-hydrogen) atoms. The summed E-state index contributed by atoms with van der Waals surface area (Å²) in [6.07, 6.45) is 2.10. The maximum Gasteiger partial charge on any atom is 0.139 e. The van der Waals surface area contributed by atoms with Crippen molar-refractivity contribution < 1.29 is 0 Å². The maximum absolute atomic E-state index is 4.72. The Bertz CT molecular complexity index is 724. The van der Waals surface area contributed by atoms with Crippen LogP contribution in [0.15, 0.2) is 42.6 Å². The first-order chi connectivity index (χ1) is 9.19. The van der Waals surface area contributed by atoms with Crippen molar-refractivity contribution in [2.75, 3.05) is 12.4 Å². The highest BCUT2D eigenvalue weighted by Crippen LogP contribution is 2.28. The van der Waals surface area contributed by atoms with Crippen LogP contribution in [0.3, 0.4) is 0 Å². The van der Waals surface area contributed by atoms with Crippen molar-refractivity contribution >= 4 is 11.5 Å². The smallest absolute Gasteiger partial charge is 0.139 e. The van der Waals surface area contributed by atoms with Gasteiger partial charge in [-0.3, -0.25) is 4.40 Å². The highest BCUT2D eigenvalue weighted by Gasteiger charge is 2.12. The molecule has 3 heteroatoms. The molecular weight excluding hydrogens is 234 g/mol. The van der Waals surface area contributed by atoms with Gasteiger partial charge in [0.2, 0.25) is 0 Å². The fourth-order valence-electron chi connectivity index (χ4n) is 2.30. The number of nitrogens with zero attached hydrogens (tertiary/aromatic N) is 2. The molecule has 3 rings (SSSR count). The molecule has 0 fully saturated rings. The van der Waals surface area contributed by atoms with Crippen LogP contribution >= 0.6 is 0 Å². The second-order valence-electron chi connectivity index (χ2n) is 4.86. The number of rotatable bonds is 2. The second-order valence-corrected chi connectivity index (χ2v) is 4.86. The van der Waals surface area contributed by atoms with Crippen molar-refractivity contribution in [3.05, 3.63) is 53.7 Å². The summed E-state index contributed by atoms with van der Waals surface area (Å²) in [5.74, 6) is 1.03. The summed E-state index contributed by atoms with van der Waals surface area (Å²) in [5.41, 5.74) is 5.57. The zero-order valence-corrected chi connectivity index (χ0v) is 11.4. The van der Waals surface area contributed by atoms with E-state index in [9.17, 15) is 0 Å². The van der Waals surface area contributed by atoms with E-state index in [2.05, 4.69) is 60.1 Å². The molecule has 0 spiro atoms. The molecule has 0 aliphatic rings. The summed E-state index contributed by atoms with van der Waals surface area (Å²) in [4.78, 5) is 4.72. The summed E-state index contributed by atoms with van der Waals surface area (Å²) in [7, 11) is 1.93. The molecule has 1 aromatic carbocycles. The lowest BCUT2D eigenvalue weighted by Crippen LogP contribution is -1.96. The fourth-order valence-corrected chi connectivity index (χ4v) is 2.30. The number of benzene rings is 1. The standard InChI is InChI=1S/C16H17N3/c1-11-4-7-13(8-5-11)15-16(17-3)19-10-12(2)6-9-14(19)18-15/h4-10,17H,1-3H3. The molecule has 2 heterocycles. The predicted octanol–water partition coefficient (Wildman–Crippen LogP) is 3.66. The van der Waals surface area contributed by atoms with Gasteiger partial charge in [-0.15, -0.1) is 0 Å². The number of aromatic nitrogens is 2. The molecule has 0 amide bonds. The zero-order chi connectivity index (χ0) is 13.4. The number of hydrogen-bond donors (Lipinski definition) is 1. The Labute approximate surface area is 112 Å². The highest BCUT2D eigenvalue weighted by molar-refractivity contribution is 5.76. The van der Waals surface area contributed by atoms with Gasteiger partial charge in [-0.25, -0.2) is 4.98 Å². The summed E-state index contributed by atoms with van der Waals surface area (Å²) in [5, 5.41) is 3.26. The first-order valence-electron chi connectivity index (χ1n) is 6.42. The van der Waals surface area contributed by atoms with E-state index >= 15 is 0 Å². The van der Waals surface area contributed by atoms with Gasteiger partial charge in [-0.05, 0) is 25.5 Å². The highest BCUT2D eigenvalue weighted by atomic mass is 15.1. The second kappa shape index (κ2) is 4.43. The lowest BCUT2D eigenvalue weighted by atomic mass is 10.1. The van der Waals surface area contributed by atoms with Gasteiger partial charge in [0.15, 0.2) is 0 Å². The van der Waals surface area contributed by atoms with Crippen molar-refractivity contribution in [2.24, 2.45) is 0 Å². The maximum atomic E-state index is 4.72. The van der Waals surface area contributed by atoms with Crippen molar-refractivity contribution in [1.82, 2.24) is 9.38 Å². The normalized spacial score (nSPS) is 10.9. The third-order valence-electron chi connectivity index (χ3n) is 3.33. The third kappa shape index (κ3) is 1.97. The number of hydrogen-bond acceptors (Lipinski definition) is 2. The SMILES string of the molecule is CNc1c(-c2ccc(C)cc2)nc2ccc(C)cn12. The molecule has 0 atom stereocenters. The first kappa shape index (κ1) is 11.8. The van der Waals surface area contributed by atoms with Crippen LogP contribution in [-0.4, -0.2) is 16.4 Å². The minimum Gasteiger partial charge on any atom is -0.372 e.